The van der Waals surface area contributed by atoms with Crippen LogP contribution in [-0.2, 0) is 4.84 Å². The van der Waals surface area contributed by atoms with Crippen molar-refractivity contribution in [1.29, 1.82) is 0 Å². The fraction of sp³-hybridized carbons (Fsp3) is 0.529. The zero-order chi connectivity index (χ0) is 29.4. The molecule has 9 nitrogen and oxygen atoms in total. The molecule has 0 bridgehead atoms. The van der Waals surface area contributed by atoms with E-state index in [1.807, 2.05) is 17.2 Å². The van der Waals surface area contributed by atoms with E-state index in [1.54, 1.807) is 13.4 Å². The molecule has 43 heavy (non-hydrogen) atoms. The molecule has 1 saturated carbocycles. The van der Waals surface area contributed by atoms with Crippen LogP contribution in [0.25, 0.3) is 0 Å². The molecule has 0 spiro atoms. The molecule has 0 unspecified atom stereocenters. The van der Waals surface area contributed by atoms with Crippen LogP contribution in [0, 0.1) is 0 Å². The zero-order valence-corrected chi connectivity index (χ0v) is 25.8. The second-order valence-corrected chi connectivity index (χ2v) is 13.1. The number of aromatic nitrogens is 2. The lowest BCUT2D eigenvalue weighted by Gasteiger charge is -2.51. The van der Waals surface area contributed by atoms with Gasteiger partial charge >= 0.3 is 0 Å². The Labute approximate surface area is 255 Å². The highest BCUT2D eigenvalue weighted by Gasteiger charge is 2.43. The van der Waals surface area contributed by atoms with E-state index >= 15 is 0 Å². The van der Waals surface area contributed by atoms with Crippen LogP contribution in [0.3, 0.4) is 0 Å². The van der Waals surface area contributed by atoms with Crippen LogP contribution in [0.5, 0.6) is 5.75 Å². The normalized spacial score (nSPS) is 23.5. The number of piperazine rings is 1. The second kappa shape index (κ2) is 11.9. The van der Waals surface area contributed by atoms with Gasteiger partial charge in [-0.1, -0.05) is 30.3 Å². The largest absolute Gasteiger partial charge is 0.494 e. The van der Waals surface area contributed by atoms with Crippen molar-refractivity contribution >= 4 is 23.0 Å². The Bertz CT molecular complexity index is 1390. The SMILES string of the molecule is COc1cc(N2CCC(N3CCN(C4CC4)C(C)(C)C3)CC2)ccc1Nc1cc(N2OCC[C@@H]2c2ccccc2)ncn1. The number of piperidine rings is 1. The summed E-state index contributed by atoms with van der Waals surface area (Å²) in [6, 6.07) is 20.5. The van der Waals surface area contributed by atoms with Crippen molar-refractivity contribution in [3.63, 3.8) is 0 Å². The molecule has 7 rings (SSSR count). The van der Waals surface area contributed by atoms with Crippen molar-refractivity contribution in [2.24, 2.45) is 0 Å². The molecular formula is C34H45N7O2. The predicted octanol–water partition coefficient (Wildman–Crippen LogP) is 5.64. The Morgan fingerprint density at radius 3 is 2.44 bits per heavy atom. The van der Waals surface area contributed by atoms with Crippen molar-refractivity contribution in [2.45, 2.75) is 69.6 Å². The molecule has 2 aromatic carbocycles. The minimum Gasteiger partial charge on any atom is -0.494 e. The lowest BCUT2D eigenvalue weighted by atomic mass is 9.94. The summed E-state index contributed by atoms with van der Waals surface area (Å²) in [5, 5.41) is 5.36. The van der Waals surface area contributed by atoms with Gasteiger partial charge in [0.2, 0.25) is 0 Å². The van der Waals surface area contributed by atoms with Gasteiger partial charge in [0.15, 0.2) is 5.82 Å². The van der Waals surface area contributed by atoms with E-state index in [4.69, 9.17) is 9.57 Å². The minimum atomic E-state index is 0.126. The number of hydrogen-bond acceptors (Lipinski definition) is 9. The first-order valence-electron chi connectivity index (χ1n) is 16.0. The van der Waals surface area contributed by atoms with Crippen molar-refractivity contribution in [2.75, 3.05) is 61.7 Å². The molecular weight excluding hydrogens is 538 g/mol. The Morgan fingerprint density at radius 2 is 1.70 bits per heavy atom. The molecule has 1 N–H and O–H groups in total. The summed E-state index contributed by atoms with van der Waals surface area (Å²) in [6.07, 6.45) is 7.69. The molecule has 4 aliphatic rings. The monoisotopic (exact) mass is 583 g/mol. The van der Waals surface area contributed by atoms with E-state index in [2.05, 4.69) is 86.3 Å². The predicted molar refractivity (Wildman–Crippen MR) is 171 cm³/mol. The van der Waals surface area contributed by atoms with Crippen molar-refractivity contribution < 1.29 is 9.57 Å². The standard InChI is InChI=1S/C34H45N7O2/c1-34(2)23-39(18-19-40(34)27-9-10-27)26-13-16-38(17-14-26)28-11-12-29(31(21-28)42-3)37-32-22-33(36-24-35-32)41-30(15-20-43-41)25-7-5-4-6-8-25/h4-8,11-12,21-22,24,26-27,30H,9-10,13-20,23H2,1-3H3,(H,35,36,37)/t30-/m1/s1. The van der Waals surface area contributed by atoms with Crippen LogP contribution < -0.4 is 20.0 Å². The van der Waals surface area contributed by atoms with E-state index < -0.39 is 0 Å². The molecule has 9 heteroatoms. The third-order valence-corrected chi connectivity index (χ3v) is 9.74. The van der Waals surface area contributed by atoms with Crippen LogP contribution in [0.4, 0.5) is 23.0 Å². The average Bonchev–Trinajstić information content (AvgIpc) is 3.75. The molecule has 1 aliphatic carbocycles. The molecule has 3 aliphatic heterocycles. The zero-order valence-electron chi connectivity index (χ0n) is 25.8. The van der Waals surface area contributed by atoms with Gasteiger partial charge in [-0.25, -0.2) is 15.0 Å². The maximum Gasteiger partial charge on any atom is 0.158 e. The van der Waals surface area contributed by atoms with Gasteiger partial charge in [-0.15, -0.1) is 0 Å². The van der Waals surface area contributed by atoms with E-state index in [1.165, 1.54) is 56.6 Å². The number of nitrogens with zero attached hydrogens (tertiary/aromatic N) is 6. The highest BCUT2D eigenvalue weighted by atomic mass is 16.7. The smallest absolute Gasteiger partial charge is 0.158 e. The fourth-order valence-electron chi connectivity index (χ4n) is 7.40. The maximum atomic E-state index is 5.99. The Kier molecular flexibility index (Phi) is 7.88. The van der Waals surface area contributed by atoms with Gasteiger partial charge < -0.3 is 15.0 Å². The second-order valence-electron chi connectivity index (χ2n) is 13.1. The third-order valence-electron chi connectivity index (χ3n) is 9.74. The Morgan fingerprint density at radius 1 is 0.884 bits per heavy atom. The van der Waals surface area contributed by atoms with E-state index in [-0.39, 0.29) is 11.6 Å². The quantitative estimate of drug-likeness (QED) is 0.363. The number of hydroxylamine groups is 1. The topological polar surface area (TPSA) is 69.2 Å². The highest BCUT2D eigenvalue weighted by Crippen LogP contribution is 2.38. The first kappa shape index (κ1) is 28.4. The minimum absolute atomic E-state index is 0.126. The summed E-state index contributed by atoms with van der Waals surface area (Å²) >= 11 is 0. The third kappa shape index (κ3) is 6.03. The summed E-state index contributed by atoms with van der Waals surface area (Å²) < 4.78 is 5.85. The number of benzene rings is 2. The molecule has 228 valence electrons. The lowest BCUT2D eigenvalue weighted by molar-refractivity contribution is -0.0100. The van der Waals surface area contributed by atoms with Crippen molar-refractivity contribution in [3.8, 4) is 5.75 Å². The van der Waals surface area contributed by atoms with Crippen LogP contribution in [-0.4, -0.2) is 83.8 Å². The first-order chi connectivity index (χ1) is 21.0. The van der Waals surface area contributed by atoms with E-state index in [0.29, 0.717) is 18.5 Å². The number of methoxy groups -OCH3 is 1. The van der Waals surface area contributed by atoms with Gasteiger partial charge in [0.25, 0.3) is 0 Å². The van der Waals surface area contributed by atoms with E-state index in [0.717, 1.165) is 42.8 Å². The number of anilines is 4. The Balaban J connectivity index is 0.990. The van der Waals surface area contributed by atoms with Crippen LogP contribution in [0.2, 0.25) is 0 Å². The van der Waals surface area contributed by atoms with Gasteiger partial charge in [-0.3, -0.25) is 14.6 Å². The number of nitrogens with one attached hydrogen (secondary N) is 1. The molecule has 4 heterocycles. The summed E-state index contributed by atoms with van der Waals surface area (Å²) in [5.74, 6) is 2.24. The van der Waals surface area contributed by atoms with Crippen molar-refractivity contribution in [3.05, 3.63) is 66.5 Å². The molecule has 0 radical (unpaired) electrons. The van der Waals surface area contributed by atoms with Gasteiger partial charge in [0.1, 0.15) is 17.9 Å². The van der Waals surface area contributed by atoms with Gasteiger partial charge in [0, 0.05) is 74.6 Å². The van der Waals surface area contributed by atoms with Crippen LogP contribution in [0.1, 0.15) is 57.6 Å². The Hall–Kier alpha value is -3.40. The summed E-state index contributed by atoms with van der Waals surface area (Å²) in [5.41, 5.74) is 3.58. The molecule has 1 atom stereocenters. The first-order valence-corrected chi connectivity index (χ1v) is 16.0. The molecule has 4 fully saturated rings. The summed E-state index contributed by atoms with van der Waals surface area (Å²) in [7, 11) is 1.73. The molecule has 0 amide bonds. The summed E-state index contributed by atoms with van der Waals surface area (Å²) in [4.78, 5) is 23.1. The molecule has 1 aromatic heterocycles. The maximum absolute atomic E-state index is 5.99. The lowest BCUT2D eigenvalue weighted by Crippen LogP contribution is -2.62. The molecule has 3 aromatic rings. The average molecular weight is 584 g/mol. The van der Waals surface area contributed by atoms with Gasteiger partial charge in [0.05, 0.1) is 25.4 Å². The van der Waals surface area contributed by atoms with Gasteiger partial charge in [-0.2, -0.15) is 0 Å². The fourth-order valence-corrected chi connectivity index (χ4v) is 7.40. The van der Waals surface area contributed by atoms with Crippen molar-refractivity contribution in [1.82, 2.24) is 19.8 Å². The number of hydrogen-bond donors (Lipinski definition) is 1. The van der Waals surface area contributed by atoms with Crippen LogP contribution >= 0.6 is 0 Å². The summed E-state index contributed by atoms with van der Waals surface area (Å²) in [6.45, 7) is 11.3. The number of rotatable bonds is 8. The number of ether oxygens (including phenoxy) is 1. The van der Waals surface area contributed by atoms with E-state index in [9.17, 15) is 0 Å². The molecule has 3 saturated heterocycles. The van der Waals surface area contributed by atoms with Gasteiger partial charge in [-0.05, 0) is 57.2 Å². The highest BCUT2D eigenvalue weighted by molar-refractivity contribution is 5.70. The van der Waals surface area contributed by atoms with Crippen LogP contribution in [0.15, 0.2) is 60.9 Å².